The second-order valence-electron chi connectivity index (χ2n) is 6.85. The fourth-order valence-corrected chi connectivity index (χ4v) is 3.57. The summed E-state index contributed by atoms with van der Waals surface area (Å²) in [5.41, 5.74) is 1.93. The Kier molecular flexibility index (Phi) is 4.11. The molecule has 2 amide bonds. The molecule has 1 aromatic heterocycles. The standard InChI is InChI=1S/C19H23N3O3/c1-25-16-4-2-3-15-18(16)14(12-20-15)11-17(23)21-7-9-22(10-8-21)19(24)13-5-6-13/h2-4,12-13,20H,5-11H2,1H3. The van der Waals surface area contributed by atoms with Crippen LogP contribution in [0.3, 0.4) is 0 Å². The van der Waals surface area contributed by atoms with Crippen LogP contribution < -0.4 is 4.74 Å². The largest absolute Gasteiger partial charge is 0.496 e. The lowest BCUT2D eigenvalue weighted by molar-refractivity contribution is -0.139. The van der Waals surface area contributed by atoms with E-state index in [-0.39, 0.29) is 17.7 Å². The third kappa shape index (κ3) is 3.08. The lowest BCUT2D eigenvalue weighted by atomic mass is 10.1. The van der Waals surface area contributed by atoms with E-state index in [4.69, 9.17) is 4.74 Å². The van der Waals surface area contributed by atoms with E-state index in [1.54, 1.807) is 7.11 Å². The predicted molar refractivity (Wildman–Crippen MR) is 94.4 cm³/mol. The van der Waals surface area contributed by atoms with Crippen LogP contribution in [-0.4, -0.2) is 59.9 Å². The topological polar surface area (TPSA) is 65.6 Å². The number of carbonyl (C=O) groups is 2. The van der Waals surface area contributed by atoms with Crippen molar-refractivity contribution in [1.29, 1.82) is 0 Å². The van der Waals surface area contributed by atoms with E-state index in [0.717, 1.165) is 35.1 Å². The van der Waals surface area contributed by atoms with Gasteiger partial charge in [0.25, 0.3) is 0 Å². The minimum absolute atomic E-state index is 0.102. The van der Waals surface area contributed by atoms with Gasteiger partial charge in [0.05, 0.1) is 13.5 Å². The number of aromatic nitrogens is 1. The van der Waals surface area contributed by atoms with Gasteiger partial charge in [-0.05, 0) is 30.5 Å². The van der Waals surface area contributed by atoms with Crippen molar-refractivity contribution in [2.45, 2.75) is 19.3 Å². The van der Waals surface area contributed by atoms with E-state index < -0.39 is 0 Å². The number of carbonyl (C=O) groups excluding carboxylic acids is 2. The summed E-state index contributed by atoms with van der Waals surface area (Å²) in [6, 6.07) is 5.82. The second-order valence-corrected chi connectivity index (χ2v) is 6.85. The van der Waals surface area contributed by atoms with Gasteiger partial charge in [-0.25, -0.2) is 0 Å². The molecule has 2 fully saturated rings. The Bertz CT molecular complexity index is 801. The van der Waals surface area contributed by atoms with Gasteiger partial charge in [-0.1, -0.05) is 6.07 Å². The molecule has 0 unspecified atom stereocenters. The van der Waals surface area contributed by atoms with Crippen molar-refractivity contribution in [2.24, 2.45) is 5.92 Å². The third-order valence-corrected chi connectivity index (χ3v) is 5.18. The Labute approximate surface area is 146 Å². The zero-order valence-corrected chi connectivity index (χ0v) is 14.5. The molecule has 6 nitrogen and oxygen atoms in total. The zero-order valence-electron chi connectivity index (χ0n) is 14.5. The molecular weight excluding hydrogens is 318 g/mol. The molecule has 25 heavy (non-hydrogen) atoms. The first-order valence-electron chi connectivity index (χ1n) is 8.87. The summed E-state index contributed by atoms with van der Waals surface area (Å²) in [5, 5.41) is 0.973. The number of nitrogens with zero attached hydrogens (tertiary/aromatic N) is 2. The molecule has 1 aliphatic heterocycles. The molecule has 132 valence electrons. The predicted octanol–water partition coefficient (Wildman–Crippen LogP) is 1.80. The number of piperazine rings is 1. The van der Waals surface area contributed by atoms with Crippen molar-refractivity contribution in [3.8, 4) is 5.75 Å². The van der Waals surface area contributed by atoms with Gasteiger partial charge < -0.3 is 19.5 Å². The number of nitrogens with one attached hydrogen (secondary N) is 1. The molecule has 2 heterocycles. The average molecular weight is 341 g/mol. The Morgan fingerprint density at radius 3 is 2.56 bits per heavy atom. The van der Waals surface area contributed by atoms with Gasteiger partial charge in [-0.15, -0.1) is 0 Å². The molecule has 1 saturated carbocycles. The van der Waals surface area contributed by atoms with Crippen LogP contribution in [0.1, 0.15) is 18.4 Å². The highest BCUT2D eigenvalue weighted by Crippen LogP contribution is 2.31. The van der Waals surface area contributed by atoms with Gasteiger partial charge in [-0.2, -0.15) is 0 Å². The quantitative estimate of drug-likeness (QED) is 0.922. The van der Waals surface area contributed by atoms with Gasteiger partial charge in [0.1, 0.15) is 5.75 Å². The van der Waals surface area contributed by atoms with Crippen LogP contribution in [0.2, 0.25) is 0 Å². The number of aromatic amines is 1. The molecule has 4 rings (SSSR count). The smallest absolute Gasteiger partial charge is 0.227 e. The Hall–Kier alpha value is -2.50. The van der Waals surface area contributed by atoms with E-state index in [2.05, 4.69) is 4.98 Å². The molecule has 0 radical (unpaired) electrons. The third-order valence-electron chi connectivity index (χ3n) is 5.18. The maximum absolute atomic E-state index is 12.7. The summed E-state index contributed by atoms with van der Waals surface area (Å²) in [6.07, 6.45) is 4.29. The van der Waals surface area contributed by atoms with E-state index >= 15 is 0 Å². The summed E-state index contributed by atoms with van der Waals surface area (Å²) in [7, 11) is 1.64. The number of amides is 2. The molecule has 2 aromatic rings. The molecule has 0 atom stereocenters. The fraction of sp³-hybridized carbons (Fsp3) is 0.474. The molecule has 0 bridgehead atoms. The number of methoxy groups -OCH3 is 1. The number of fused-ring (bicyclic) bond motifs is 1. The average Bonchev–Trinajstić information content (AvgIpc) is 3.42. The van der Waals surface area contributed by atoms with Crippen LogP contribution in [0.25, 0.3) is 10.9 Å². The van der Waals surface area contributed by atoms with Gasteiger partial charge in [0.2, 0.25) is 11.8 Å². The van der Waals surface area contributed by atoms with Crippen LogP contribution in [0, 0.1) is 5.92 Å². The van der Waals surface area contributed by atoms with Crippen molar-refractivity contribution in [3.05, 3.63) is 30.0 Å². The molecule has 2 aliphatic rings. The van der Waals surface area contributed by atoms with Crippen LogP contribution in [0.4, 0.5) is 0 Å². The van der Waals surface area contributed by atoms with Gasteiger partial charge in [0.15, 0.2) is 0 Å². The van der Waals surface area contributed by atoms with Crippen molar-refractivity contribution < 1.29 is 14.3 Å². The van der Waals surface area contributed by atoms with Crippen LogP contribution >= 0.6 is 0 Å². The summed E-state index contributed by atoms with van der Waals surface area (Å²) < 4.78 is 5.43. The molecule has 1 saturated heterocycles. The van der Waals surface area contributed by atoms with E-state index in [1.165, 1.54) is 0 Å². The summed E-state index contributed by atoms with van der Waals surface area (Å²) in [6.45, 7) is 2.55. The Morgan fingerprint density at radius 1 is 1.16 bits per heavy atom. The first-order valence-corrected chi connectivity index (χ1v) is 8.87. The maximum Gasteiger partial charge on any atom is 0.227 e. The number of rotatable bonds is 4. The van der Waals surface area contributed by atoms with Crippen LogP contribution in [-0.2, 0) is 16.0 Å². The van der Waals surface area contributed by atoms with Crippen molar-refractivity contribution >= 4 is 22.7 Å². The number of H-pyrrole nitrogens is 1. The van der Waals surface area contributed by atoms with Gasteiger partial charge >= 0.3 is 0 Å². The normalized spacial score (nSPS) is 17.8. The van der Waals surface area contributed by atoms with Gasteiger partial charge in [-0.3, -0.25) is 9.59 Å². The molecule has 0 spiro atoms. The van der Waals surface area contributed by atoms with E-state index in [0.29, 0.717) is 32.6 Å². The highest BCUT2D eigenvalue weighted by molar-refractivity contribution is 5.93. The van der Waals surface area contributed by atoms with Gasteiger partial charge in [0, 0.05) is 49.2 Å². The molecule has 1 N–H and O–H groups in total. The number of benzene rings is 1. The summed E-state index contributed by atoms with van der Waals surface area (Å²) >= 11 is 0. The summed E-state index contributed by atoms with van der Waals surface area (Å²) in [5.74, 6) is 1.40. The fourth-order valence-electron chi connectivity index (χ4n) is 3.57. The van der Waals surface area contributed by atoms with Crippen LogP contribution in [0.15, 0.2) is 24.4 Å². The highest BCUT2D eigenvalue weighted by Gasteiger charge is 2.35. The second kappa shape index (κ2) is 6.43. The van der Waals surface area contributed by atoms with E-state index in [9.17, 15) is 9.59 Å². The highest BCUT2D eigenvalue weighted by atomic mass is 16.5. The summed E-state index contributed by atoms with van der Waals surface area (Å²) in [4.78, 5) is 31.8. The van der Waals surface area contributed by atoms with Crippen molar-refractivity contribution in [1.82, 2.24) is 14.8 Å². The zero-order chi connectivity index (χ0) is 17.4. The Balaban J connectivity index is 1.42. The Morgan fingerprint density at radius 2 is 1.88 bits per heavy atom. The molecule has 1 aromatic carbocycles. The molecule has 1 aliphatic carbocycles. The lowest BCUT2D eigenvalue weighted by Crippen LogP contribution is -2.51. The monoisotopic (exact) mass is 341 g/mol. The number of hydrogen-bond acceptors (Lipinski definition) is 3. The SMILES string of the molecule is COc1cccc2[nH]cc(CC(=O)N3CCN(C(=O)C4CC4)CC3)c12. The first-order chi connectivity index (χ1) is 12.2. The number of hydrogen-bond donors (Lipinski definition) is 1. The molecular formula is C19H23N3O3. The lowest BCUT2D eigenvalue weighted by Gasteiger charge is -2.35. The minimum Gasteiger partial charge on any atom is -0.496 e. The number of ether oxygens (including phenoxy) is 1. The van der Waals surface area contributed by atoms with E-state index in [1.807, 2.05) is 34.2 Å². The van der Waals surface area contributed by atoms with Crippen molar-refractivity contribution in [2.75, 3.05) is 33.3 Å². The minimum atomic E-state index is 0.102. The van der Waals surface area contributed by atoms with Crippen molar-refractivity contribution in [3.63, 3.8) is 0 Å². The molecule has 6 heteroatoms. The maximum atomic E-state index is 12.7. The van der Waals surface area contributed by atoms with Crippen LogP contribution in [0.5, 0.6) is 5.75 Å². The first kappa shape index (κ1) is 16.0.